The number of hydrogen-bond acceptors (Lipinski definition) is 5. The van der Waals surface area contributed by atoms with Crippen LogP contribution in [0.4, 0.5) is 0 Å². The van der Waals surface area contributed by atoms with Gasteiger partial charge in [-0.25, -0.2) is 8.42 Å². The lowest BCUT2D eigenvalue weighted by atomic mass is 10.1. The Hall–Kier alpha value is -1.80. The molecule has 0 fully saturated rings. The highest BCUT2D eigenvalue weighted by Crippen LogP contribution is 2.33. The third-order valence-electron chi connectivity index (χ3n) is 3.80. The molecule has 25 heavy (non-hydrogen) atoms. The molecule has 1 aliphatic rings. The molecule has 1 aromatic rings. The minimum atomic E-state index is -3.81. The summed E-state index contributed by atoms with van der Waals surface area (Å²) in [6.07, 6.45) is 0.670. The summed E-state index contributed by atoms with van der Waals surface area (Å²) >= 11 is 0. The average Bonchev–Trinajstić information content (AvgIpc) is 2.58. The quantitative estimate of drug-likeness (QED) is 0.752. The first kappa shape index (κ1) is 19.5. The van der Waals surface area contributed by atoms with Gasteiger partial charge >= 0.3 is 0 Å². The molecule has 1 heterocycles. The molecule has 0 spiro atoms. The van der Waals surface area contributed by atoms with Crippen LogP contribution in [-0.4, -0.2) is 51.5 Å². The van der Waals surface area contributed by atoms with Crippen LogP contribution in [0.1, 0.15) is 27.2 Å². The summed E-state index contributed by atoms with van der Waals surface area (Å²) in [6, 6.07) is 4.54. The Morgan fingerprint density at radius 3 is 2.56 bits per heavy atom. The van der Waals surface area contributed by atoms with Gasteiger partial charge in [-0.05, 0) is 31.4 Å². The molecule has 1 N–H and O–H groups in total. The van der Waals surface area contributed by atoms with Gasteiger partial charge in [0, 0.05) is 19.2 Å². The van der Waals surface area contributed by atoms with Crippen molar-refractivity contribution in [3.63, 3.8) is 0 Å². The molecule has 0 unspecified atom stereocenters. The molecule has 0 saturated heterocycles. The molecule has 0 bridgehead atoms. The topological polar surface area (TPSA) is 84.9 Å². The van der Waals surface area contributed by atoms with Crippen LogP contribution in [0, 0.1) is 5.92 Å². The van der Waals surface area contributed by atoms with Gasteiger partial charge < -0.3 is 14.8 Å². The average molecular weight is 370 g/mol. The van der Waals surface area contributed by atoms with E-state index in [0.29, 0.717) is 43.6 Å². The molecule has 2 rings (SSSR count). The molecule has 0 aliphatic carbocycles. The van der Waals surface area contributed by atoms with Crippen molar-refractivity contribution in [2.24, 2.45) is 5.92 Å². The number of likely N-dealkylation sites (N-methyl/N-ethyl adjacent to an activating group) is 1. The Bertz CT molecular complexity index is 703. The normalized spacial score (nSPS) is 14.0. The highest BCUT2D eigenvalue weighted by atomic mass is 32.2. The molecule has 1 aliphatic heterocycles. The van der Waals surface area contributed by atoms with E-state index in [1.165, 1.54) is 16.4 Å². The first-order valence-electron chi connectivity index (χ1n) is 8.51. The monoisotopic (exact) mass is 370 g/mol. The number of rotatable bonds is 8. The summed E-state index contributed by atoms with van der Waals surface area (Å²) in [5.74, 6) is 0.955. The van der Waals surface area contributed by atoms with E-state index >= 15 is 0 Å². The van der Waals surface area contributed by atoms with Crippen molar-refractivity contribution in [3.05, 3.63) is 18.2 Å². The van der Waals surface area contributed by atoms with E-state index in [9.17, 15) is 13.2 Å². The second kappa shape index (κ2) is 8.53. The van der Waals surface area contributed by atoms with Gasteiger partial charge in [-0.2, -0.15) is 4.31 Å². The van der Waals surface area contributed by atoms with E-state index in [2.05, 4.69) is 5.32 Å². The summed E-state index contributed by atoms with van der Waals surface area (Å²) in [7, 11) is -3.81. The van der Waals surface area contributed by atoms with Gasteiger partial charge in [-0.1, -0.05) is 13.8 Å². The van der Waals surface area contributed by atoms with Crippen LogP contribution in [0.25, 0.3) is 0 Å². The number of nitrogens with zero attached hydrogens (tertiary/aromatic N) is 1. The SMILES string of the molecule is CCNC(=O)CN(CCC(C)C)S(=O)(=O)c1ccc2c(c1)OCCO2. The van der Waals surface area contributed by atoms with Gasteiger partial charge in [0.1, 0.15) is 13.2 Å². The van der Waals surface area contributed by atoms with Crippen molar-refractivity contribution in [2.75, 3.05) is 32.8 Å². The van der Waals surface area contributed by atoms with Crippen molar-refractivity contribution in [2.45, 2.75) is 32.1 Å². The lowest BCUT2D eigenvalue weighted by Gasteiger charge is -2.24. The molecule has 8 heteroatoms. The van der Waals surface area contributed by atoms with Gasteiger partial charge in [0.05, 0.1) is 11.4 Å². The highest BCUT2D eigenvalue weighted by molar-refractivity contribution is 7.89. The van der Waals surface area contributed by atoms with Crippen molar-refractivity contribution < 1.29 is 22.7 Å². The maximum Gasteiger partial charge on any atom is 0.243 e. The van der Waals surface area contributed by atoms with Crippen molar-refractivity contribution in [1.29, 1.82) is 0 Å². The predicted molar refractivity (Wildman–Crippen MR) is 94.3 cm³/mol. The molecule has 0 aromatic heterocycles. The standard InChI is InChI=1S/C17H26N2O5S/c1-4-18-17(20)12-19(8-7-13(2)3)25(21,22)14-5-6-15-16(11-14)24-10-9-23-15/h5-6,11,13H,4,7-10,12H2,1-3H3,(H,18,20). The van der Waals surface area contributed by atoms with Crippen LogP contribution < -0.4 is 14.8 Å². The number of sulfonamides is 1. The molecule has 0 saturated carbocycles. The van der Waals surface area contributed by atoms with E-state index in [1.54, 1.807) is 13.0 Å². The minimum absolute atomic E-state index is 0.102. The summed E-state index contributed by atoms with van der Waals surface area (Å²) in [5, 5.41) is 2.65. The Morgan fingerprint density at radius 2 is 1.92 bits per heavy atom. The van der Waals surface area contributed by atoms with E-state index < -0.39 is 10.0 Å². The number of carbonyl (C=O) groups is 1. The lowest BCUT2D eigenvalue weighted by molar-refractivity contribution is -0.121. The van der Waals surface area contributed by atoms with Crippen LogP contribution in [0.2, 0.25) is 0 Å². The zero-order valence-electron chi connectivity index (χ0n) is 14.9. The summed E-state index contributed by atoms with van der Waals surface area (Å²) in [5.41, 5.74) is 0. The smallest absolute Gasteiger partial charge is 0.243 e. The van der Waals surface area contributed by atoms with E-state index in [1.807, 2.05) is 13.8 Å². The summed E-state index contributed by atoms with van der Waals surface area (Å²) < 4.78 is 38.2. The fraction of sp³-hybridized carbons (Fsp3) is 0.588. The van der Waals surface area contributed by atoms with Crippen LogP contribution in [0.5, 0.6) is 11.5 Å². The maximum absolute atomic E-state index is 13.0. The van der Waals surface area contributed by atoms with Crippen molar-refractivity contribution >= 4 is 15.9 Å². The first-order chi connectivity index (χ1) is 11.8. The highest BCUT2D eigenvalue weighted by Gasteiger charge is 2.28. The number of nitrogens with one attached hydrogen (secondary N) is 1. The molecular formula is C17H26N2O5S. The number of hydrogen-bond donors (Lipinski definition) is 1. The van der Waals surface area contributed by atoms with Gasteiger partial charge in [-0.15, -0.1) is 0 Å². The molecule has 1 amide bonds. The summed E-state index contributed by atoms with van der Waals surface area (Å²) in [4.78, 5) is 12.0. The van der Waals surface area contributed by atoms with Gasteiger partial charge in [0.25, 0.3) is 0 Å². The molecule has 0 atom stereocenters. The fourth-order valence-electron chi connectivity index (χ4n) is 2.43. The van der Waals surface area contributed by atoms with E-state index in [0.717, 1.165) is 0 Å². The lowest BCUT2D eigenvalue weighted by Crippen LogP contribution is -2.41. The van der Waals surface area contributed by atoms with Crippen LogP contribution in [0.15, 0.2) is 23.1 Å². The summed E-state index contributed by atoms with van der Waals surface area (Å²) in [6.45, 7) is 7.20. The minimum Gasteiger partial charge on any atom is -0.486 e. The molecule has 7 nitrogen and oxygen atoms in total. The van der Waals surface area contributed by atoms with Crippen LogP contribution in [0.3, 0.4) is 0 Å². The second-order valence-corrected chi connectivity index (χ2v) is 8.22. The molecule has 140 valence electrons. The van der Waals surface area contributed by atoms with Crippen LogP contribution >= 0.6 is 0 Å². The number of benzene rings is 1. The number of fused-ring (bicyclic) bond motifs is 1. The van der Waals surface area contributed by atoms with E-state index in [4.69, 9.17) is 9.47 Å². The second-order valence-electron chi connectivity index (χ2n) is 6.28. The molecule has 0 radical (unpaired) electrons. The Labute approximate surface area is 149 Å². The zero-order valence-corrected chi connectivity index (χ0v) is 15.8. The molecular weight excluding hydrogens is 344 g/mol. The number of amides is 1. The third-order valence-corrected chi connectivity index (χ3v) is 5.64. The van der Waals surface area contributed by atoms with Crippen molar-refractivity contribution in [3.8, 4) is 11.5 Å². The van der Waals surface area contributed by atoms with Crippen molar-refractivity contribution in [1.82, 2.24) is 9.62 Å². The van der Waals surface area contributed by atoms with Gasteiger partial charge in [0.15, 0.2) is 11.5 Å². The number of ether oxygens (including phenoxy) is 2. The first-order valence-corrected chi connectivity index (χ1v) is 9.95. The largest absolute Gasteiger partial charge is 0.486 e. The Balaban J connectivity index is 2.27. The Kier molecular flexibility index (Phi) is 6.66. The van der Waals surface area contributed by atoms with Gasteiger partial charge in [-0.3, -0.25) is 4.79 Å². The number of carbonyl (C=O) groups excluding carboxylic acids is 1. The fourth-order valence-corrected chi connectivity index (χ4v) is 3.86. The Morgan fingerprint density at radius 1 is 1.24 bits per heavy atom. The van der Waals surface area contributed by atoms with Crippen LogP contribution in [-0.2, 0) is 14.8 Å². The van der Waals surface area contributed by atoms with Gasteiger partial charge in [0.2, 0.25) is 15.9 Å². The predicted octanol–water partition coefficient (Wildman–Crippen LogP) is 1.63. The maximum atomic E-state index is 13.0. The molecule has 1 aromatic carbocycles. The van der Waals surface area contributed by atoms with E-state index in [-0.39, 0.29) is 23.9 Å². The third kappa shape index (κ3) is 5.09. The zero-order chi connectivity index (χ0) is 18.4.